The summed E-state index contributed by atoms with van der Waals surface area (Å²) in [5.41, 5.74) is 2.87. The van der Waals surface area contributed by atoms with Crippen LogP contribution in [0.25, 0.3) is 5.69 Å². The zero-order valence-corrected chi connectivity index (χ0v) is 18.4. The summed E-state index contributed by atoms with van der Waals surface area (Å²) in [6, 6.07) is 18.8. The van der Waals surface area contributed by atoms with Crippen molar-refractivity contribution in [3.8, 4) is 11.8 Å². The molecule has 170 valence electrons. The predicted octanol–water partition coefficient (Wildman–Crippen LogP) is 3.76. The van der Waals surface area contributed by atoms with E-state index in [1.54, 1.807) is 30.3 Å². The molecule has 1 aliphatic heterocycles. The molecule has 8 nitrogen and oxygen atoms in total. The van der Waals surface area contributed by atoms with Gasteiger partial charge in [-0.05, 0) is 48.5 Å². The van der Waals surface area contributed by atoms with Gasteiger partial charge in [-0.15, -0.1) is 0 Å². The van der Waals surface area contributed by atoms with E-state index in [9.17, 15) is 9.59 Å². The highest BCUT2D eigenvalue weighted by Gasteiger charge is 2.38. The summed E-state index contributed by atoms with van der Waals surface area (Å²) < 4.78 is 1.90. The Kier molecular flexibility index (Phi) is 6.84. The highest BCUT2D eigenvalue weighted by Crippen LogP contribution is 2.24. The van der Waals surface area contributed by atoms with Gasteiger partial charge >= 0.3 is 0 Å². The number of carbonyl (C=O) groups excluding carboxylic acids is 2. The van der Waals surface area contributed by atoms with Gasteiger partial charge in [0, 0.05) is 24.4 Å². The molecule has 3 aromatic rings. The Morgan fingerprint density at radius 2 is 1.88 bits per heavy atom. The van der Waals surface area contributed by atoms with E-state index in [0.717, 1.165) is 5.69 Å². The molecule has 1 saturated heterocycles. The molecule has 4 rings (SSSR count). The van der Waals surface area contributed by atoms with Crippen molar-refractivity contribution in [1.82, 2.24) is 9.47 Å². The van der Waals surface area contributed by atoms with Gasteiger partial charge in [0.25, 0.3) is 5.91 Å². The van der Waals surface area contributed by atoms with Crippen LogP contribution in [0.4, 0.5) is 5.69 Å². The van der Waals surface area contributed by atoms with Crippen LogP contribution >= 0.6 is 0 Å². The quantitative estimate of drug-likeness (QED) is 0.334. The number of carbonyl (C=O) groups is 2. The number of hydrogen-bond donors (Lipinski definition) is 1. The first-order chi connectivity index (χ1) is 16.6. The minimum absolute atomic E-state index is 0.160. The first-order valence-corrected chi connectivity index (χ1v) is 10.7. The summed E-state index contributed by atoms with van der Waals surface area (Å²) in [5.74, 6) is -0.646. The van der Waals surface area contributed by atoms with Gasteiger partial charge in [0.15, 0.2) is 0 Å². The van der Waals surface area contributed by atoms with E-state index in [-0.39, 0.29) is 31.4 Å². The fourth-order valence-electron chi connectivity index (χ4n) is 3.77. The molecule has 34 heavy (non-hydrogen) atoms. The summed E-state index contributed by atoms with van der Waals surface area (Å²) in [6.07, 6.45) is 5.60. The lowest BCUT2D eigenvalue weighted by Crippen LogP contribution is -2.43. The number of likely N-dealkylation sites (tertiary alicyclic amines) is 1. The Bertz CT molecular complexity index is 1260. The second kappa shape index (κ2) is 10.3. The number of amides is 2. The molecule has 8 heteroatoms. The predicted molar refractivity (Wildman–Crippen MR) is 129 cm³/mol. The van der Waals surface area contributed by atoms with Crippen LogP contribution in [-0.2, 0) is 9.63 Å². The Hall–Kier alpha value is -4.64. The van der Waals surface area contributed by atoms with E-state index in [4.69, 9.17) is 10.1 Å². The summed E-state index contributed by atoms with van der Waals surface area (Å²) in [7, 11) is 0. The lowest BCUT2D eigenvalue weighted by molar-refractivity contribution is -0.119. The van der Waals surface area contributed by atoms with E-state index in [2.05, 4.69) is 17.1 Å². The Balaban J connectivity index is 1.60. The van der Waals surface area contributed by atoms with Crippen molar-refractivity contribution in [2.24, 2.45) is 5.16 Å². The summed E-state index contributed by atoms with van der Waals surface area (Å²) in [6.45, 7) is 3.98. The molecule has 1 aliphatic rings. The third kappa shape index (κ3) is 4.89. The number of nitrogens with zero attached hydrogens (tertiary/aromatic N) is 4. The van der Waals surface area contributed by atoms with E-state index in [0.29, 0.717) is 22.5 Å². The monoisotopic (exact) mass is 453 g/mol. The number of nitrogens with one attached hydrogen (secondary N) is 1. The van der Waals surface area contributed by atoms with Gasteiger partial charge in [-0.3, -0.25) is 9.59 Å². The van der Waals surface area contributed by atoms with Crippen molar-refractivity contribution < 1.29 is 14.4 Å². The molecule has 1 aromatic heterocycles. The molecular weight excluding hydrogens is 430 g/mol. The molecule has 1 N–H and O–H groups in total. The van der Waals surface area contributed by atoms with Gasteiger partial charge in [-0.2, -0.15) is 5.26 Å². The van der Waals surface area contributed by atoms with E-state index in [1.165, 1.54) is 4.90 Å². The number of hydrogen-bond acceptors (Lipinski definition) is 5. The van der Waals surface area contributed by atoms with Crippen LogP contribution in [0, 0.1) is 11.3 Å². The summed E-state index contributed by atoms with van der Waals surface area (Å²) in [5, 5.41) is 16.1. The minimum Gasteiger partial charge on any atom is -0.392 e. The van der Waals surface area contributed by atoms with Crippen LogP contribution < -0.4 is 5.32 Å². The van der Waals surface area contributed by atoms with Crippen molar-refractivity contribution in [3.05, 3.63) is 96.8 Å². The van der Waals surface area contributed by atoms with E-state index >= 15 is 0 Å². The second-order valence-corrected chi connectivity index (χ2v) is 7.68. The molecule has 2 aromatic carbocycles. The minimum atomic E-state index is -0.771. The molecule has 0 spiro atoms. The zero-order valence-electron chi connectivity index (χ0n) is 18.4. The fourth-order valence-corrected chi connectivity index (χ4v) is 3.77. The number of rotatable bonds is 7. The number of benzene rings is 2. The molecule has 0 aliphatic carbocycles. The Morgan fingerprint density at radius 1 is 1.15 bits per heavy atom. The SMILES string of the molecule is C=CCON=C1CC(C(=O)Nc2ccccc2-n2cccc2)N(C(=O)c2ccc(C#N)cc2)C1. The number of oxime groups is 1. The smallest absolute Gasteiger partial charge is 0.254 e. The fraction of sp³-hybridized carbons (Fsp3) is 0.154. The molecule has 1 fully saturated rings. The number of aromatic nitrogens is 1. The average molecular weight is 454 g/mol. The highest BCUT2D eigenvalue weighted by atomic mass is 16.6. The zero-order chi connectivity index (χ0) is 23.9. The molecule has 2 amide bonds. The Labute approximate surface area is 197 Å². The van der Waals surface area contributed by atoms with Crippen LogP contribution in [0.5, 0.6) is 0 Å². The van der Waals surface area contributed by atoms with Crippen LogP contribution in [0.1, 0.15) is 22.3 Å². The number of nitriles is 1. The standard InChI is InChI=1S/C26H23N5O3/c1-2-15-34-29-21-16-24(31(18-21)26(33)20-11-9-19(17-27)10-12-20)25(32)28-22-7-3-4-8-23(22)30-13-5-6-14-30/h2-14,24H,1,15-16,18H2,(H,28,32). The third-order valence-corrected chi connectivity index (χ3v) is 5.41. The topological polar surface area (TPSA) is 99.7 Å². The molecule has 0 bridgehead atoms. The van der Waals surface area contributed by atoms with Crippen LogP contribution in [0.15, 0.2) is 90.9 Å². The van der Waals surface area contributed by atoms with Crippen molar-refractivity contribution in [1.29, 1.82) is 5.26 Å². The maximum Gasteiger partial charge on any atom is 0.254 e. The van der Waals surface area contributed by atoms with Gasteiger partial charge in [0.1, 0.15) is 12.6 Å². The first kappa shape index (κ1) is 22.6. The average Bonchev–Trinajstić information content (AvgIpc) is 3.55. The van der Waals surface area contributed by atoms with Gasteiger partial charge in [0.05, 0.1) is 35.3 Å². The number of anilines is 1. The first-order valence-electron chi connectivity index (χ1n) is 10.7. The van der Waals surface area contributed by atoms with E-state index in [1.807, 2.05) is 59.4 Å². The third-order valence-electron chi connectivity index (χ3n) is 5.41. The van der Waals surface area contributed by atoms with Gasteiger partial charge < -0.3 is 19.6 Å². The summed E-state index contributed by atoms with van der Waals surface area (Å²) >= 11 is 0. The molecule has 1 atom stereocenters. The highest BCUT2D eigenvalue weighted by molar-refractivity contribution is 6.08. The van der Waals surface area contributed by atoms with Crippen LogP contribution in [-0.4, -0.2) is 46.2 Å². The molecular formula is C26H23N5O3. The lowest BCUT2D eigenvalue weighted by Gasteiger charge is -2.24. The maximum absolute atomic E-state index is 13.4. The lowest BCUT2D eigenvalue weighted by atomic mass is 10.1. The van der Waals surface area contributed by atoms with Crippen molar-refractivity contribution in [2.75, 3.05) is 18.5 Å². The largest absolute Gasteiger partial charge is 0.392 e. The molecule has 1 unspecified atom stereocenters. The number of para-hydroxylation sites is 2. The Morgan fingerprint density at radius 3 is 2.59 bits per heavy atom. The maximum atomic E-state index is 13.4. The van der Waals surface area contributed by atoms with Crippen molar-refractivity contribution >= 4 is 23.2 Å². The van der Waals surface area contributed by atoms with Crippen molar-refractivity contribution in [3.63, 3.8) is 0 Å². The molecule has 0 saturated carbocycles. The second-order valence-electron chi connectivity index (χ2n) is 7.68. The van der Waals surface area contributed by atoms with Crippen LogP contribution in [0.2, 0.25) is 0 Å². The molecule has 2 heterocycles. The van der Waals surface area contributed by atoms with Gasteiger partial charge in [-0.1, -0.05) is 29.9 Å². The summed E-state index contributed by atoms with van der Waals surface area (Å²) in [4.78, 5) is 33.4. The van der Waals surface area contributed by atoms with Gasteiger partial charge in [-0.25, -0.2) is 0 Å². The molecule has 0 radical (unpaired) electrons. The van der Waals surface area contributed by atoms with Crippen LogP contribution in [0.3, 0.4) is 0 Å². The van der Waals surface area contributed by atoms with Crippen molar-refractivity contribution in [2.45, 2.75) is 12.5 Å². The normalized spacial score (nSPS) is 16.1. The van der Waals surface area contributed by atoms with E-state index < -0.39 is 6.04 Å². The van der Waals surface area contributed by atoms with Gasteiger partial charge in [0.2, 0.25) is 5.91 Å².